The van der Waals surface area contributed by atoms with Gasteiger partial charge >= 0.3 is 5.97 Å². The number of aromatic carboxylic acids is 1. The number of nitrogens with zero attached hydrogens (tertiary/aromatic N) is 2. The third-order valence-corrected chi connectivity index (χ3v) is 7.30. The van der Waals surface area contributed by atoms with E-state index in [1.165, 1.54) is 12.0 Å². The third kappa shape index (κ3) is 7.08. The Kier molecular flexibility index (Phi) is 9.16. The maximum atomic E-state index is 12.0. The molecule has 8 nitrogen and oxygen atoms in total. The smallest absolute Gasteiger partial charge is 0.354 e. The van der Waals surface area contributed by atoms with Crippen molar-refractivity contribution in [3.63, 3.8) is 0 Å². The molecule has 1 aromatic heterocycles. The number of benzene rings is 1. The monoisotopic (exact) mass is 508 g/mol. The number of methoxy groups -OCH3 is 1. The quantitative estimate of drug-likeness (QED) is 0.301. The molecule has 0 spiro atoms. The minimum absolute atomic E-state index is 0.00200. The van der Waals surface area contributed by atoms with Gasteiger partial charge in [0.25, 0.3) is 0 Å². The highest BCUT2D eigenvalue weighted by Gasteiger charge is 2.25. The fraction of sp³-hybridized carbons (Fsp3) is 0.552. The molecule has 3 N–H and O–H groups in total. The second kappa shape index (κ2) is 12.5. The lowest BCUT2D eigenvalue weighted by Gasteiger charge is -2.31. The molecular weight excluding hydrogens is 468 g/mol. The first kappa shape index (κ1) is 27.1. The van der Waals surface area contributed by atoms with E-state index in [1.807, 2.05) is 26.0 Å². The van der Waals surface area contributed by atoms with Gasteiger partial charge in [-0.15, -0.1) is 0 Å². The van der Waals surface area contributed by atoms with Crippen molar-refractivity contribution in [2.24, 2.45) is 0 Å². The van der Waals surface area contributed by atoms with E-state index < -0.39 is 5.97 Å². The standard InChI is InChI=1S/C29H40N4O4/c1-19(2)37-27(30)26-24(17-25(29(34)35)32-28(26)31-22-7-5-4-6-8-22)21-11-9-20(10-12-21)18-33-15-13-23(36-3)14-16-33/h9-12,17,19,22-23,30H,4-8,13-16,18H2,1-3H3,(H,31,32)(H,34,35). The first-order chi connectivity index (χ1) is 17.8. The van der Waals surface area contributed by atoms with Crippen LogP contribution in [-0.4, -0.2) is 65.3 Å². The minimum atomic E-state index is -1.09. The summed E-state index contributed by atoms with van der Waals surface area (Å²) in [5, 5.41) is 22.1. The summed E-state index contributed by atoms with van der Waals surface area (Å²) in [5.41, 5.74) is 3.15. The first-order valence-electron chi connectivity index (χ1n) is 13.5. The lowest BCUT2D eigenvalue weighted by molar-refractivity contribution is 0.0388. The third-order valence-electron chi connectivity index (χ3n) is 7.30. The van der Waals surface area contributed by atoms with Crippen LogP contribution in [0.1, 0.15) is 80.4 Å². The van der Waals surface area contributed by atoms with Crippen LogP contribution in [0.15, 0.2) is 30.3 Å². The number of anilines is 1. The van der Waals surface area contributed by atoms with Crippen LogP contribution >= 0.6 is 0 Å². The Hall–Kier alpha value is -2.97. The Morgan fingerprint density at radius 2 is 1.81 bits per heavy atom. The molecule has 8 heteroatoms. The number of carbonyl (C=O) groups is 1. The van der Waals surface area contributed by atoms with E-state index in [2.05, 4.69) is 27.3 Å². The lowest BCUT2D eigenvalue weighted by atomic mass is 9.94. The summed E-state index contributed by atoms with van der Waals surface area (Å²) in [6, 6.07) is 9.96. The van der Waals surface area contributed by atoms with Gasteiger partial charge in [-0.2, -0.15) is 0 Å². The lowest BCUT2D eigenvalue weighted by Crippen LogP contribution is -2.36. The molecule has 37 heavy (non-hydrogen) atoms. The van der Waals surface area contributed by atoms with Gasteiger partial charge in [0.1, 0.15) is 5.82 Å². The van der Waals surface area contributed by atoms with Crippen LogP contribution < -0.4 is 5.32 Å². The van der Waals surface area contributed by atoms with Crippen molar-refractivity contribution < 1.29 is 19.4 Å². The molecule has 0 radical (unpaired) electrons. The normalized spacial score (nSPS) is 17.6. The summed E-state index contributed by atoms with van der Waals surface area (Å²) in [5.74, 6) is -0.678. The van der Waals surface area contributed by atoms with Crippen LogP contribution in [0.25, 0.3) is 11.1 Å². The van der Waals surface area contributed by atoms with Crippen molar-refractivity contribution in [2.45, 2.75) is 83.6 Å². The second-order valence-electron chi connectivity index (χ2n) is 10.5. The number of aromatic nitrogens is 1. The molecule has 0 amide bonds. The largest absolute Gasteiger partial charge is 0.477 e. The summed E-state index contributed by atoms with van der Waals surface area (Å²) in [4.78, 5) is 18.9. The fourth-order valence-corrected chi connectivity index (χ4v) is 5.30. The molecule has 0 bridgehead atoms. The number of likely N-dealkylation sites (tertiary alicyclic amines) is 1. The van der Waals surface area contributed by atoms with E-state index >= 15 is 0 Å². The number of piperidine rings is 1. The van der Waals surface area contributed by atoms with Gasteiger partial charge in [-0.05, 0) is 56.7 Å². The Balaban J connectivity index is 1.66. The number of rotatable bonds is 9. The molecule has 1 aliphatic carbocycles. The molecule has 2 aliphatic rings. The zero-order valence-electron chi connectivity index (χ0n) is 22.3. The van der Waals surface area contributed by atoms with Crippen molar-refractivity contribution >= 4 is 17.7 Å². The van der Waals surface area contributed by atoms with E-state index in [9.17, 15) is 9.90 Å². The molecule has 1 aliphatic heterocycles. The van der Waals surface area contributed by atoms with Gasteiger partial charge in [-0.25, -0.2) is 9.78 Å². The summed E-state index contributed by atoms with van der Waals surface area (Å²) in [6.45, 7) is 6.64. The van der Waals surface area contributed by atoms with Gasteiger partial charge < -0.3 is 19.9 Å². The average Bonchev–Trinajstić information content (AvgIpc) is 2.89. The average molecular weight is 509 g/mol. The Labute approximate surface area is 219 Å². The maximum absolute atomic E-state index is 12.0. The number of pyridine rings is 1. The van der Waals surface area contributed by atoms with Crippen LogP contribution in [0, 0.1) is 5.41 Å². The van der Waals surface area contributed by atoms with Gasteiger partial charge in [0.05, 0.1) is 17.8 Å². The van der Waals surface area contributed by atoms with E-state index in [4.69, 9.17) is 14.9 Å². The van der Waals surface area contributed by atoms with E-state index in [-0.39, 0.29) is 23.7 Å². The van der Waals surface area contributed by atoms with Gasteiger partial charge in [-0.1, -0.05) is 43.5 Å². The molecule has 1 saturated carbocycles. The molecule has 4 rings (SSSR count). The van der Waals surface area contributed by atoms with Crippen LogP contribution in [0.3, 0.4) is 0 Å². The van der Waals surface area contributed by atoms with Crippen molar-refractivity contribution in [3.8, 4) is 11.1 Å². The summed E-state index contributed by atoms with van der Waals surface area (Å²) in [7, 11) is 1.78. The van der Waals surface area contributed by atoms with Gasteiger partial charge in [0.2, 0.25) is 5.90 Å². The minimum Gasteiger partial charge on any atom is -0.477 e. The van der Waals surface area contributed by atoms with Crippen molar-refractivity contribution in [2.75, 3.05) is 25.5 Å². The van der Waals surface area contributed by atoms with Gasteiger partial charge in [0.15, 0.2) is 5.69 Å². The van der Waals surface area contributed by atoms with Crippen molar-refractivity contribution in [1.29, 1.82) is 5.41 Å². The number of hydrogen-bond acceptors (Lipinski definition) is 7. The second-order valence-corrected chi connectivity index (χ2v) is 10.5. The summed E-state index contributed by atoms with van der Waals surface area (Å²) >= 11 is 0. The SMILES string of the molecule is COC1CCN(Cc2ccc(-c3cc(C(=O)O)nc(NC4CCCCC4)c3C(=N)OC(C)C)cc2)CC1. The molecule has 2 fully saturated rings. The molecule has 0 atom stereocenters. The highest BCUT2D eigenvalue weighted by atomic mass is 16.5. The zero-order valence-corrected chi connectivity index (χ0v) is 22.3. The topological polar surface area (TPSA) is 108 Å². The van der Waals surface area contributed by atoms with Crippen molar-refractivity contribution in [1.82, 2.24) is 9.88 Å². The molecular formula is C29H40N4O4. The molecule has 2 heterocycles. The molecule has 1 aromatic carbocycles. The molecule has 0 unspecified atom stereocenters. The van der Waals surface area contributed by atoms with Crippen LogP contribution in [-0.2, 0) is 16.0 Å². The van der Waals surface area contributed by atoms with Crippen LogP contribution in [0.5, 0.6) is 0 Å². The Bertz CT molecular complexity index is 1070. The molecule has 2 aromatic rings. The number of hydrogen-bond donors (Lipinski definition) is 3. The fourth-order valence-electron chi connectivity index (χ4n) is 5.30. The van der Waals surface area contributed by atoms with E-state index in [0.29, 0.717) is 23.0 Å². The Morgan fingerprint density at radius 1 is 1.14 bits per heavy atom. The van der Waals surface area contributed by atoms with E-state index in [1.54, 1.807) is 13.2 Å². The van der Waals surface area contributed by atoms with Crippen molar-refractivity contribution in [3.05, 3.63) is 47.2 Å². The van der Waals surface area contributed by atoms with Gasteiger partial charge in [-0.3, -0.25) is 10.3 Å². The predicted octanol–water partition coefficient (Wildman–Crippen LogP) is 5.55. The highest BCUT2D eigenvalue weighted by Crippen LogP contribution is 2.33. The molecule has 1 saturated heterocycles. The predicted molar refractivity (Wildman–Crippen MR) is 145 cm³/mol. The first-order valence-corrected chi connectivity index (χ1v) is 13.5. The summed E-state index contributed by atoms with van der Waals surface area (Å²) in [6.07, 6.45) is 7.72. The number of carboxylic acid groups (broad SMARTS) is 1. The van der Waals surface area contributed by atoms with Crippen LogP contribution in [0.2, 0.25) is 0 Å². The summed E-state index contributed by atoms with van der Waals surface area (Å²) < 4.78 is 11.3. The Morgan fingerprint density at radius 3 is 2.41 bits per heavy atom. The number of ether oxygens (including phenoxy) is 2. The highest BCUT2D eigenvalue weighted by molar-refractivity contribution is 6.05. The van der Waals surface area contributed by atoms with Gasteiger partial charge in [0, 0.05) is 38.3 Å². The number of carboxylic acids is 1. The maximum Gasteiger partial charge on any atom is 0.354 e. The number of nitrogens with one attached hydrogen (secondary N) is 2. The van der Waals surface area contributed by atoms with E-state index in [0.717, 1.165) is 63.7 Å². The molecule has 200 valence electrons. The zero-order chi connectivity index (χ0) is 26.4. The van der Waals surface area contributed by atoms with Crippen LogP contribution in [0.4, 0.5) is 5.82 Å².